The fraction of sp³-hybridized carbons (Fsp3) is 0. The standard InChI is InChI=1S/6ClH.3K.H2O.Rh/h6*1H;;;;1H2;/q;;;;;;3*+1;;+3/p-6. The third kappa shape index (κ3) is 76.4. The quantitative estimate of drug-likeness (QED) is 0.330. The van der Waals surface area contributed by atoms with Gasteiger partial charge in [-0.2, -0.15) is 0 Å². The molecule has 1 nitrogen and oxygen atoms in total. The van der Waals surface area contributed by atoms with Crippen molar-refractivity contribution in [3.8, 4) is 0 Å². The predicted octanol–water partition coefficient (Wildman–Crippen LogP) is -5.68. The first-order valence-electron chi connectivity index (χ1n) is 0.756. The normalized spacial score (nSPS) is 14.7. The third-order valence-electron chi connectivity index (χ3n) is 0. The summed E-state index contributed by atoms with van der Waals surface area (Å²) < 4.78 is 0. The fourth-order valence-corrected chi connectivity index (χ4v) is 0. The van der Waals surface area contributed by atoms with E-state index >= 15 is 0 Å². The topological polar surface area (TPSA) is 31.5 Å². The maximum absolute atomic E-state index is 5.15. The largest absolute Gasteiger partial charge is 1.00 e. The Balaban J connectivity index is -0.0000000300. The van der Waals surface area contributed by atoms with E-state index in [0.717, 1.165) is 0 Å². The molecule has 0 bridgehead atoms. The van der Waals surface area contributed by atoms with Gasteiger partial charge in [0.2, 0.25) is 0 Å². The molecular formula is H2Cl6K3ORh. The van der Waals surface area contributed by atoms with Crippen molar-refractivity contribution in [3.63, 3.8) is 0 Å². The Hall–Kier alpha value is 7.23. The van der Waals surface area contributed by atoms with Crippen LogP contribution in [-0.4, -0.2) is 5.48 Å². The Kier molecular flexibility index (Phi) is 25.8. The maximum Gasteiger partial charge on any atom is 1.00 e. The number of rotatable bonds is 0. The van der Waals surface area contributed by atoms with Crippen LogP contribution in [0.2, 0.25) is 0 Å². The Morgan fingerprint density at radius 3 is 0.545 bits per heavy atom. The van der Waals surface area contributed by atoms with E-state index in [1.165, 1.54) is 0 Å². The minimum Gasteiger partial charge on any atom is 1.00 e. The summed E-state index contributed by atoms with van der Waals surface area (Å²) in [4.78, 5) is 0. The molecule has 0 unspecified atom stereocenters. The van der Waals surface area contributed by atoms with Gasteiger partial charge >= 0.3 is 219 Å². The van der Waals surface area contributed by atoms with Crippen molar-refractivity contribution in [2.45, 2.75) is 0 Å². The Bertz CT molecular complexity index is 76.4. The van der Waals surface area contributed by atoms with Gasteiger partial charge in [-0.1, -0.05) is 0 Å². The van der Waals surface area contributed by atoms with Crippen molar-refractivity contribution >= 4 is 58.1 Å². The molecule has 2 N–H and O–H groups in total. The Morgan fingerprint density at radius 2 is 0.545 bits per heavy atom. The molecule has 62 valence electrons. The van der Waals surface area contributed by atoms with Crippen molar-refractivity contribution < 1.29 is 166 Å². The van der Waals surface area contributed by atoms with Crippen molar-refractivity contribution in [2.75, 3.05) is 0 Å². The number of hydrogen-bond donors (Lipinski definition) is 0. The van der Waals surface area contributed by atoms with E-state index in [9.17, 15) is 0 Å². The second kappa shape index (κ2) is 9.19. The van der Waals surface area contributed by atoms with Crippen molar-refractivity contribution in [2.24, 2.45) is 0 Å². The van der Waals surface area contributed by atoms with Gasteiger partial charge in [0.05, 0.1) is 0 Å². The Morgan fingerprint density at radius 1 is 0.545 bits per heavy atom. The zero-order chi connectivity index (χ0) is 6.41. The maximum atomic E-state index is 5.04. The van der Waals surface area contributed by atoms with Crippen molar-refractivity contribution in [1.29, 1.82) is 0 Å². The first kappa shape index (κ1) is 30.9. The SMILES string of the molecule is O.[Cl][Rh-3]([Cl])([Cl])([Cl])([Cl])[Cl].[K+].[K+].[K+]. The summed E-state index contributed by atoms with van der Waals surface area (Å²) in [7, 11) is 30.2. The monoisotopic (exact) mass is 448 g/mol. The van der Waals surface area contributed by atoms with E-state index in [4.69, 9.17) is 58.1 Å². The van der Waals surface area contributed by atoms with Gasteiger partial charge in [0.1, 0.15) is 0 Å². The van der Waals surface area contributed by atoms with E-state index in [2.05, 4.69) is 0 Å². The number of halogens is 6. The molecule has 0 aromatic carbocycles. The zero-order valence-electron chi connectivity index (χ0n) is 6.10. The van der Waals surface area contributed by atoms with Gasteiger partial charge in [-0.15, -0.1) is 0 Å². The summed E-state index contributed by atoms with van der Waals surface area (Å²) >= 11 is 0. The number of hydrogen-bond acceptors (Lipinski definition) is 0. The molecule has 0 aromatic rings. The molecule has 0 rings (SSSR count). The van der Waals surface area contributed by atoms with Gasteiger partial charge in [0, 0.05) is 0 Å². The van der Waals surface area contributed by atoms with E-state index in [1.54, 1.807) is 0 Å². The fourth-order valence-electron chi connectivity index (χ4n) is 0. The van der Waals surface area contributed by atoms with Crippen molar-refractivity contribution in [3.05, 3.63) is 0 Å². The van der Waals surface area contributed by atoms with Crippen LogP contribution in [0.4, 0.5) is 0 Å². The Labute approximate surface area is 216 Å². The summed E-state index contributed by atoms with van der Waals surface area (Å²) in [5.74, 6) is 0. The average molecular weight is 451 g/mol. The molecule has 0 radical (unpaired) electrons. The smallest absolute Gasteiger partial charge is 1.00 e. The van der Waals surface area contributed by atoms with Gasteiger partial charge < -0.3 is 5.48 Å². The zero-order valence-corrected chi connectivity index (χ0v) is 21.6. The molecule has 0 atom stereocenters. The molecule has 0 aliphatic heterocycles. The van der Waals surface area contributed by atoms with E-state index < -0.39 is 6.48 Å². The van der Waals surface area contributed by atoms with Crippen LogP contribution in [0.15, 0.2) is 0 Å². The minimum absolute atomic E-state index is 0. The molecule has 0 spiro atoms. The molecular weight excluding hydrogens is 449 g/mol. The van der Waals surface area contributed by atoms with Gasteiger partial charge in [-0.25, -0.2) is 0 Å². The van der Waals surface area contributed by atoms with Crippen LogP contribution >= 0.6 is 58.1 Å². The molecule has 0 aromatic heterocycles. The van der Waals surface area contributed by atoms with E-state index in [-0.39, 0.29) is 160 Å². The van der Waals surface area contributed by atoms with Crippen LogP contribution in [-0.2, 0) is 6.48 Å². The molecule has 0 aliphatic rings. The molecule has 0 amide bonds. The molecule has 0 saturated heterocycles. The predicted molar refractivity (Wildman–Crippen MR) is 38.7 cm³/mol. The summed E-state index contributed by atoms with van der Waals surface area (Å²) in [6.45, 7) is -5.15. The second-order valence-electron chi connectivity index (χ2n) is 0.714. The molecule has 0 saturated carbocycles. The van der Waals surface area contributed by atoms with Gasteiger partial charge in [-0.05, 0) is 0 Å². The van der Waals surface area contributed by atoms with Gasteiger partial charge in [0.15, 0.2) is 0 Å². The molecule has 0 aliphatic carbocycles. The van der Waals surface area contributed by atoms with Crippen LogP contribution in [0, 0.1) is 0 Å². The van der Waals surface area contributed by atoms with Crippen LogP contribution in [0.5, 0.6) is 0 Å². The molecule has 0 fully saturated rings. The van der Waals surface area contributed by atoms with Crippen LogP contribution in [0.25, 0.3) is 0 Å². The van der Waals surface area contributed by atoms with E-state index in [0.29, 0.717) is 0 Å². The first-order chi connectivity index (χ1) is 2.45. The summed E-state index contributed by atoms with van der Waals surface area (Å²) in [5, 5.41) is 0. The minimum atomic E-state index is -5.15. The van der Waals surface area contributed by atoms with E-state index in [1.807, 2.05) is 0 Å². The van der Waals surface area contributed by atoms with Gasteiger partial charge in [-0.3, -0.25) is 0 Å². The molecule has 11 heteroatoms. The summed E-state index contributed by atoms with van der Waals surface area (Å²) in [6, 6.07) is 0. The van der Waals surface area contributed by atoms with Crippen molar-refractivity contribution in [1.82, 2.24) is 0 Å². The van der Waals surface area contributed by atoms with Gasteiger partial charge in [0.25, 0.3) is 0 Å². The van der Waals surface area contributed by atoms with Crippen LogP contribution in [0.3, 0.4) is 0 Å². The second-order valence-corrected chi connectivity index (χ2v) is 38.0. The third-order valence-corrected chi connectivity index (χ3v) is 0. The summed E-state index contributed by atoms with van der Waals surface area (Å²) in [6.07, 6.45) is 0. The van der Waals surface area contributed by atoms with Crippen LogP contribution in [0.1, 0.15) is 0 Å². The first-order valence-corrected chi connectivity index (χ1v) is 13.4. The molecule has 11 heavy (non-hydrogen) atoms. The average Bonchev–Trinajstić information content (AvgIpc) is 0.592. The molecule has 0 heterocycles. The summed E-state index contributed by atoms with van der Waals surface area (Å²) in [5.41, 5.74) is 0. The van der Waals surface area contributed by atoms with Crippen LogP contribution < -0.4 is 154 Å².